The van der Waals surface area contributed by atoms with Gasteiger partial charge in [0.2, 0.25) is 0 Å². The molecule has 2 heterocycles. The third-order valence-corrected chi connectivity index (χ3v) is 7.19. The van der Waals surface area contributed by atoms with Crippen LogP contribution in [0.15, 0.2) is 65.3 Å². The Morgan fingerprint density at radius 2 is 1.47 bits per heavy atom. The molecule has 1 saturated heterocycles. The zero-order chi connectivity index (χ0) is 28.0. The van der Waals surface area contributed by atoms with Crippen LogP contribution in [0.4, 0.5) is 5.69 Å². The van der Waals surface area contributed by atoms with Gasteiger partial charge in [0.25, 0.3) is 11.8 Å². The van der Waals surface area contributed by atoms with Crippen LogP contribution in [0.2, 0.25) is 0 Å². The molecule has 0 atom stereocenters. The first kappa shape index (κ1) is 27.6. The molecule has 1 aliphatic rings. The van der Waals surface area contributed by atoms with Gasteiger partial charge in [-0.25, -0.2) is 4.90 Å². The number of aromatic nitrogens is 1. The van der Waals surface area contributed by atoms with Crippen LogP contribution in [-0.4, -0.2) is 16.4 Å². The molecule has 3 aromatic rings. The summed E-state index contributed by atoms with van der Waals surface area (Å²) < 4.78 is 2.31. The summed E-state index contributed by atoms with van der Waals surface area (Å²) >= 11 is 0. The van der Waals surface area contributed by atoms with Crippen LogP contribution >= 0.6 is 0 Å². The fraction of sp³-hybridized carbons (Fsp3) is 0.412. The Bertz CT molecular complexity index is 1450. The second kappa shape index (κ2) is 10.1. The van der Waals surface area contributed by atoms with Crippen molar-refractivity contribution in [1.29, 1.82) is 0 Å². The lowest BCUT2D eigenvalue weighted by Gasteiger charge is -2.20. The SMILES string of the molecule is CC(C)=C1C(=O)N(c2ccc(CC(C)(C)C)cc2)C(=O)/C1=C/c1c(C)c2ccccc2n1CCC(C)(C)C. The summed E-state index contributed by atoms with van der Waals surface area (Å²) in [7, 11) is 0. The van der Waals surface area contributed by atoms with Gasteiger partial charge in [-0.05, 0) is 79.8 Å². The number of para-hydroxylation sites is 1. The smallest absolute Gasteiger partial charge is 0.266 e. The number of hydrogen-bond acceptors (Lipinski definition) is 2. The second-order valence-electron chi connectivity index (χ2n) is 13.3. The Labute approximate surface area is 228 Å². The van der Waals surface area contributed by atoms with E-state index in [0.29, 0.717) is 16.8 Å². The molecule has 0 aliphatic carbocycles. The number of allylic oxidation sites excluding steroid dienone is 1. The van der Waals surface area contributed by atoms with Gasteiger partial charge in [-0.2, -0.15) is 0 Å². The summed E-state index contributed by atoms with van der Waals surface area (Å²) in [6.07, 6.45) is 3.88. The van der Waals surface area contributed by atoms with E-state index in [9.17, 15) is 9.59 Å². The molecule has 0 unspecified atom stereocenters. The molecule has 2 amide bonds. The van der Waals surface area contributed by atoms with E-state index < -0.39 is 0 Å². The topological polar surface area (TPSA) is 42.3 Å². The van der Waals surface area contributed by atoms with Crippen molar-refractivity contribution in [2.45, 2.75) is 81.7 Å². The van der Waals surface area contributed by atoms with Crippen molar-refractivity contribution in [1.82, 2.24) is 4.57 Å². The summed E-state index contributed by atoms with van der Waals surface area (Å²) in [6, 6.07) is 16.2. The third-order valence-electron chi connectivity index (χ3n) is 7.19. The second-order valence-corrected chi connectivity index (χ2v) is 13.3. The van der Waals surface area contributed by atoms with Crippen molar-refractivity contribution in [3.05, 3.63) is 82.1 Å². The van der Waals surface area contributed by atoms with Crippen LogP contribution < -0.4 is 4.90 Å². The molecule has 4 rings (SSSR count). The van der Waals surface area contributed by atoms with Crippen LogP contribution in [0.25, 0.3) is 17.0 Å². The summed E-state index contributed by atoms with van der Waals surface area (Å²) in [5.41, 5.74) is 7.23. The van der Waals surface area contributed by atoms with Crippen molar-refractivity contribution in [3.63, 3.8) is 0 Å². The zero-order valence-corrected chi connectivity index (χ0v) is 24.5. The standard InChI is InChI=1S/C34H42N2O2/c1-22(2)30-27(31(37)36(32(30)38)25-16-14-24(15-17-25)21-34(7,8)9)20-29-23(3)26-12-10-11-13-28(26)35(29)19-18-33(4,5)6/h10-17,20H,18-19,21H2,1-9H3/b27-20+. The molecule has 0 saturated carbocycles. The molecular formula is C34H42N2O2. The molecule has 0 N–H and O–H groups in total. The molecule has 4 heteroatoms. The number of benzene rings is 2. The number of fused-ring (bicyclic) bond motifs is 1. The Hall–Kier alpha value is -3.40. The quantitative estimate of drug-likeness (QED) is 0.256. The van der Waals surface area contributed by atoms with Crippen LogP contribution in [0.3, 0.4) is 0 Å². The molecule has 0 radical (unpaired) electrons. The number of anilines is 1. The molecule has 4 nitrogen and oxygen atoms in total. The molecule has 2 aromatic carbocycles. The first-order valence-corrected chi connectivity index (χ1v) is 13.6. The highest BCUT2D eigenvalue weighted by atomic mass is 16.2. The highest BCUT2D eigenvalue weighted by Gasteiger charge is 2.40. The Morgan fingerprint density at radius 1 is 0.842 bits per heavy atom. The van der Waals surface area contributed by atoms with E-state index in [2.05, 4.69) is 77.3 Å². The van der Waals surface area contributed by atoms with Crippen LogP contribution in [-0.2, 0) is 22.6 Å². The first-order valence-electron chi connectivity index (χ1n) is 13.6. The maximum atomic E-state index is 13.9. The minimum absolute atomic E-state index is 0.162. The highest BCUT2D eigenvalue weighted by Crippen LogP contribution is 2.36. The van der Waals surface area contributed by atoms with Crippen LogP contribution in [0.5, 0.6) is 0 Å². The van der Waals surface area contributed by atoms with Crippen molar-refractivity contribution < 1.29 is 9.59 Å². The summed E-state index contributed by atoms with van der Waals surface area (Å²) in [6.45, 7) is 20.1. The number of imide groups is 1. The van der Waals surface area contributed by atoms with Gasteiger partial charge in [0, 0.05) is 23.1 Å². The molecular weight excluding hydrogens is 468 g/mol. The van der Waals surface area contributed by atoms with E-state index in [1.165, 1.54) is 15.8 Å². The van der Waals surface area contributed by atoms with Gasteiger partial charge >= 0.3 is 0 Å². The molecule has 0 bridgehead atoms. The average molecular weight is 511 g/mol. The number of carbonyl (C=O) groups is 2. The monoisotopic (exact) mass is 510 g/mol. The number of hydrogen-bond donors (Lipinski definition) is 0. The predicted molar refractivity (Wildman–Crippen MR) is 159 cm³/mol. The summed E-state index contributed by atoms with van der Waals surface area (Å²) in [5.74, 6) is -0.512. The third kappa shape index (κ3) is 5.55. The van der Waals surface area contributed by atoms with Gasteiger partial charge in [-0.1, -0.05) is 77.4 Å². The van der Waals surface area contributed by atoms with Crippen molar-refractivity contribution in [2.24, 2.45) is 10.8 Å². The molecule has 38 heavy (non-hydrogen) atoms. The number of nitrogens with zero attached hydrogens (tertiary/aromatic N) is 2. The maximum absolute atomic E-state index is 13.9. The van der Waals surface area contributed by atoms with Crippen molar-refractivity contribution in [2.75, 3.05) is 4.90 Å². The number of amides is 2. The van der Waals surface area contributed by atoms with E-state index in [1.807, 2.05) is 44.2 Å². The van der Waals surface area contributed by atoms with Crippen LogP contribution in [0.1, 0.15) is 78.6 Å². The Morgan fingerprint density at radius 3 is 2.05 bits per heavy atom. The van der Waals surface area contributed by atoms with E-state index in [4.69, 9.17) is 0 Å². The van der Waals surface area contributed by atoms with Gasteiger partial charge in [-0.3, -0.25) is 9.59 Å². The van der Waals surface area contributed by atoms with Gasteiger partial charge < -0.3 is 4.57 Å². The molecule has 0 spiro atoms. The minimum atomic E-state index is -0.262. The van der Waals surface area contributed by atoms with Gasteiger partial charge in [0.1, 0.15) is 0 Å². The fourth-order valence-corrected chi connectivity index (χ4v) is 5.28. The van der Waals surface area contributed by atoms with Crippen molar-refractivity contribution >= 4 is 34.5 Å². The lowest BCUT2D eigenvalue weighted by Crippen LogP contribution is -2.29. The molecule has 200 valence electrons. The number of aryl methyl sites for hydroxylation is 2. The van der Waals surface area contributed by atoms with Gasteiger partial charge in [0.05, 0.1) is 16.8 Å². The average Bonchev–Trinajstić information content (AvgIpc) is 3.22. The predicted octanol–water partition coefficient (Wildman–Crippen LogP) is 8.27. The molecule has 1 aromatic heterocycles. The molecule has 1 fully saturated rings. The van der Waals surface area contributed by atoms with Gasteiger partial charge in [0.15, 0.2) is 0 Å². The Balaban J connectivity index is 1.82. The summed E-state index contributed by atoms with van der Waals surface area (Å²) in [4.78, 5) is 28.9. The van der Waals surface area contributed by atoms with Crippen LogP contribution in [0, 0.1) is 17.8 Å². The first-order chi connectivity index (χ1) is 17.7. The van der Waals surface area contributed by atoms with E-state index in [1.54, 1.807) is 0 Å². The highest BCUT2D eigenvalue weighted by molar-refractivity contribution is 6.38. The van der Waals surface area contributed by atoms with Gasteiger partial charge in [-0.15, -0.1) is 0 Å². The lowest BCUT2D eigenvalue weighted by atomic mass is 9.88. The largest absolute Gasteiger partial charge is 0.341 e. The van der Waals surface area contributed by atoms with E-state index in [-0.39, 0.29) is 22.6 Å². The lowest BCUT2D eigenvalue weighted by molar-refractivity contribution is -0.119. The van der Waals surface area contributed by atoms with E-state index >= 15 is 0 Å². The molecule has 1 aliphatic heterocycles. The van der Waals surface area contributed by atoms with E-state index in [0.717, 1.165) is 41.7 Å². The maximum Gasteiger partial charge on any atom is 0.266 e. The minimum Gasteiger partial charge on any atom is -0.341 e. The van der Waals surface area contributed by atoms with Crippen molar-refractivity contribution in [3.8, 4) is 0 Å². The summed E-state index contributed by atoms with van der Waals surface area (Å²) in [5, 5.41) is 1.18. The zero-order valence-electron chi connectivity index (χ0n) is 24.5. The Kier molecular flexibility index (Phi) is 7.31. The number of carbonyl (C=O) groups excluding carboxylic acids is 2. The fourth-order valence-electron chi connectivity index (χ4n) is 5.28. The number of rotatable bonds is 5. The normalized spacial score (nSPS) is 15.9.